The Morgan fingerprint density at radius 2 is 2.31 bits per heavy atom. The molecule has 2 unspecified atom stereocenters. The maximum atomic E-state index is 12.2. The van der Waals surface area contributed by atoms with E-state index in [0.717, 1.165) is 0 Å². The summed E-state index contributed by atoms with van der Waals surface area (Å²) in [5.74, 6) is 0. The fourth-order valence-electron chi connectivity index (χ4n) is 1.81. The first-order valence-electron chi connectivity index (χ1n) is 5.47. The summed E-state index contributed by atoms with van der Waals surface area (Å²) in [7, 11) is -3.42. The van der Waals surface area contributed by atoms with Crippen molar-refractivity contribution in [2.75, 3.05) is 32.9 Å². The third-order valence-corrected chi connectivity index (χ3v) is 5.35. The molecule has 1 aliphatic rings. The van der Waals surface area contributed by atoms with E-state index in [4.69, 9.17) is 15.6 Å². The molecule has 96 valence electrons. The van der Waals surface area contributed by atoms with Crippen molar-refractivity contribution < 1.29 is 18.3 Å². The minimum Gasteiger partial charge on any atom is -0.395 e. The molecule has 0 aromatic rings. The van der Waals surface area contributed by atoms with E-state index in [0.29, 0.717) is 19.6 Å². The molecule has 0 aromatic carbocycles. The Bertz CT molecular complexity index is 303. The molecule has 0 aromatic heterocycles. The molecule has 0 spiro atoms. The van der Waals surface area contributed by atoms with Gasteiger partial charge in [0, 0.05) is 13.1 Å². The van der Waals surface area contributed by atoms with Gasteiger partial charge in [0.15, 0.2) is 0 Å². The Hall–Kier alpha value is -0.210. The zero-order valence-corrected chi connectivity index (χ0v) is 10.3. The predicted molar refractivity (Wildman–Crippen MR) is 60.5 cm³/mol. The van der Waals surface area contributed by atoms with Crippen LogP contribution in [0.15, 0.2) is 0 Å². The number of sulfonamides is 1. The number of aliphatic hydroxyl groups is 1. The number of hydrogen-bond acceptors (Lipinski definition) is 5. The number of nitrogens with two attached hydrogens (primary N) is 1. The topological polar surface area (TPSA) is 92.9 Å². The third-order valence-electron chi connectivity index (χ3n) is 2.85. The summed E-state index contributed by atoms with van der Waals surface area (Å²) in [6, 6.07) is -0.473. The van der Waals surface area contributed by atoms with E-state index in [-0.39, 0.29) is 19.8 Å². The van der Waals surface area contributed by atoms with E-state index >= 15 is 0 Å². The van der Waals surface area contributed by atoms with Crippen molar-refractivity contribution in [1.82, 2.24) is 4.31 Å². The molecule has 3 N–H and O–H groups in total. The summed E-state index contributed by atoms with van der Waals surface area (Å²) in [5.41, 5.74) is 5.46. The molecular weight excluding hydrogens is 232 g/mol. The molecule has 0 bridgehead atoms. The molecule has 7 heteroatoms. The van der Waals surface area contributed by atoms with E-state index in [1.807, 2.05) is 0 Å². The highest BCUT2D eigenvalue weighted by Gasteiger charge is 2.36. The van der Waals surface area contributed by atoms with Crippen molar-refractivity contribution in [2.45, 2.75) is 24.6 Å². The van der Waals surface area contributed by atoms with Crippen LogP contribution in [0.1, 0.15) is 13.3 Å². The van der Waals surface area contributed by atoms with Crippen molar-refractivity contribution >= 4 is 10.0 Å². The van der Waals surface area contributed by atoms with Crippen LogP contribution in [0.2, 0.25) is 0 Å². The fourth-order valence-corrected chi connectivity index (χ4v) is 3.73. The number of hydrogen-bond donors (Lipinski definition) is 2. The quantitative estimate of drug-likeness (QED) is 0.637. The summed E-state index contributed by atoms with van der Waals surface area (Å²) < 4.78 is 30.9. The van der Waals surface area contributed by atoms with Crippen molar-refractivity contribution in [2.24, 2.45) is 5.73 Å². The van der Waals surface area contributed by atoms with Gasteiger partial charge in [-0.25, -0.2) is 8.42 Å². The molecule has 1 rings (SSSR count). The first-order chi connectivity index (χ1) is 7.57. The van der Waals surface area contributed by atoms with Crippen LogP contribution in [0.5, 0.6) is 0 Å². The average Bonchev–Trinajstić information content (AvgIpc) is 2.30. The van der Waals surface area contributed by atoms with Crippen molar-refractivity contribution in [1.29, 1.82) is 0 Å². The largest absolute Gasteiger partial charge is 0.395 e. The normalized spacial score (nSPS) is 25.6. The summed E-state index contributed by atoms with van der Waals surface area (Å²) in [5, 5.41) is 8.56. The van der Waals surface area contributed by atoms with Gasteiger partial charge in [-0.2, -0.15) is 4.31 Å². The number of rotatable bonds is 5. The predicted octanol–water partition coefficient (Wildman–Crippen LogP) is -1.25. The van der Waals surface area contributed by atoms with Gasteiger partial charge in [-0.05, 0) is 6.42 Å². The van der Waals surface area contributed by atoms with Gasteiger partial charge in [-0.3, -0.25) is 0 Å². The van der Waals surface area contributed by atoms with Gasteiger partial charge >= 0.3 is 0 Å². The second-order valence-corrected chi connectivity index (χ2v) is 6.00. The van der Waals surface area contributed by atoms with Crippen LogP contribution in [0, 0.1) is 0 Å². The van der Waals surface area contributed by atoms with Crippen LogP contribution in [-0.4, -0.2) is 62.0 Å². The highest BCUT2D eigenvalue weighted by Crippen LogP contribution is 2.17. The van der Waals surface area contributed by atoms with Crippen LogP contribution in [0.4, 0.5) is 0 Å². The summed E-state index contributed by atoms with van der Waals surface area (Å²) in [6.07, 6.45) is 0.480. The van der Waals surface area contributed by atoms with E-state index in [9.17, 15) is 8.42 Å². The Morgan fingerprint density at radius 1 is 1.62 bits per heavy atom. The molecule has 0 saturated carbocycles. The third kappa shape index (κ3) is 2.72. The minimum absolute atomic E-state index is 0.105. The summed E-state index contributed by atoms with van der Waals surface area (Å²) in [6.45, 7) is 2.59. The SMILES string of the molecule is CCC(CN)S(=O)(=O)N1CCOCC1CO. The first-order valence-corrected chi connectivity index (χ1v) is 6.97. The molecule has 1 fully saturated rings. The standard InChI is InChI=1S/C9H20N2O4S/c1-2-9(5-10)16(13,14)11-3-4-15-7-8(11)6-12/h8-9,12H,2-7,10H2,1H3. The lowest BCUT2D eigenvalue weighted by Gasteiger charge is -2.35. The van der Waals surface area contributed by atoms with Gasteiger partial charge < -0.3 is 15.6 Å². The van der Waals surface area contributed by atoms with Gasteiger partial charge in [-0.1, -0.05) is 6.92 Å². The smallest absolute Gasteiger partial charge is 0.218 e. The number of nitrogens with zero attached hydrogens (tertiary/aromatic N) is 1. The highest BCUT2D eigenvalue weighted by atomic mass is 32.2. The lowest BCUT2D eigenvalue weighted by Crippen LogP contribution is -2.54. The van der Waals surface area contributed by atoms with E-state index in [2.05, 4.69) is 0 Å². The monoisotopic (exact) mass is 252 g/mol. The lowest BCUT2D eigenvalue weighted by molar-refractivity contribution is 0.0105. The van der Waals surface area contributed by atoms with Crippen molar-refractivity contribution in [3.05, 3.63) is 0 Å². The second-order valence-electron chi connectivity index (χ2n) is 3.83. The number of morpholine rings is 1. The summed E-state index contributed by atoms with van der Waals surface area (Å²) >= 11 is 0. The average molecular weight is 252 g/mol. The van der Waals surface area contributed by atoms with Gasteiger partial charge in [0.2, 0.25) is 10.0 Å². The molecule has 2 atom stereocenters. The molecule has 16 heavy (non-hydrogen) atoms. The fraction of sp³-hybridized carbons (Fsp3) is 1.00. The molecule has 0 amide bonds. The van der Waals surface area contributed by atoms with Crippen LogP contribution in [0.25, 0.3) is 0 Å². The Balaban J connectivity index is 2.87. The number of aliphatic hydroxyl groups excluding tert-OH is 1. The lowest BCUT2D eigenvalue weighted by atomic mass is 10.3. The molecule has 1 saturated heterocycles. The van der Waals surface area contributed by atoms with Crippen LogP contribution < -0.4 is 5.73 Å². The Kier molecular flexibility index (Phi) is 5.13. The molecule has 0 aliphatic carbocycles. The maximum Gasteiger partial charge on any atom is 0.218 e. The molecule has 0 radical (unpaired) electrons. The van der Waals surface area contributed by atoms with Crippen LogP contribution >= 0.6 is 0 Å². The van der Waals surface area contributed by atoms with Gasteiger partial charge in [0.25, 0.3) is 0 Å². The Labute approximate surface area is 96.4 Å². The molecule has 1 aliphatic heterocycles. The highest BCUT2D eigenvalue weighted by molar-refractivity contribution is 7.89. The van der Waals surface area contributed by atoms with Crippen LogP contribution in [-0.2, 0) is 14.8 Å². The molecular formula is C9H20N2O4S. The van der Waals surface area contributed by atoms with Crippen LogP contribution in [0.3, 0.4) is 0 Å². The number of ether oxygens (including phenoxy) is 1. The van der Waals surface area contributed by atoms with Gasteiger partial charge in [-0.15, -0.1) is 0 Å². The second kappa shape index (κ2) is 5.92. The molecule has 6 nitrogen and oxygen atoms in total. The zero-order valence-electron chi connectivity index (χ0n) is 9.50. The van der Waals surface area contributed by atoms with E-state index < -0.39 is 21.3 Å². The summed E-state index contributed by atoms with van der Waals surface area (Å²) in [4.78, 5) is 0. The maximum absolute atomic E-state index is 12.2. The molecule has 1 heterocycles. The van der Waals surface area contributed by atoms with Gasteiger partial charge in [0.05, 0.1) is 31.1 Å². The minimum atomic E-state index is -3.42. The Morgan fingerprint density at radius 3 is 2.81 bits per heavy atom. The first kappa shape index (κ1) is 13.9. The van der Waals surface area contributed by atoms with E-state index in [1.165, 1.54) is 4.31 Å². The van der Waals surface area contributed by atoms with Crippen molar-refractivity contribution in [3.8, 4) is 0 Å². The van der Waals surface area contributed by atoms with E-state index in [1.54, 1.807) is 6.92 Å². The van der Waals surface area contributed by atoms with Gasteiger partial charge in [0.1, 0.15) is 0 Å². The zero-order chi connectivity index (χ0) is 12.2. The van der Waals surface area contributed by atoms with Crippen molar-refractivity contribution in [3.63, 3.8) is 0 Å².